The first-order chi connectivity index (χ1) is 4.40. The summed E-state index contributed by atoms with van der Waals surface area (Å²) in [6.45, 7) is 0. The molecule has 0 unspecified atom stereocenters. The minimum Gasteiger partial charge on any atom is -0.198 e. The number of nitrogens with zero attached hydrogens (tertiary/aromatic N) is 1. The molecular formula is C8H11N. The Hall–Kier alpha value is -0.510. The van der Waals surface area contributed by atoms with E-state index in [1.54, 1.807) is 0 Å². The second kappa shape index (κ2) is 1.73. The molecule has 0 aromatic carbocycles. The van der Waals surface area contributed by atoms with Crippen LogP contribution in [-0.4, -0.2) is 0 Å². The van der Waals surface area contributed by atoms with Gasteiger partial charge in [0.15, 0.2) is 0 Å². The average Bonchev–Trinajstić information content (AvgIpc) is 2.45. The fourth-order valence-corrected chi connectivity index (χ4v) is 2.40. The van der Waals surface area contributed by atoms with Gasteiger partial charge in [0.1, 0.15) is 0 Å². The molecule has 0 amide bonds. The Balaban J connectivity index is 2.12. The van der Waals surface area contributed by atoms with Crippen LogP contribution >= 0.6 is 0 Å². The summed E-state index contributed by atoms with van der Waals surface area (Å²) < 4.78 is 0. The first kappa shape index (κ1) is 5.29. The van der Waals surface area contributed by atoms with Crippen molar-refractivity contribution in [1.29, 1.82) is 5.26 Å². The van der Waals surface area contributed by atoms with Crippen LogP contribution in [0.5, 0.6) is 0 Å². The summed E-state index contributed by atoms with van der Waals surface area (Å²) in [5.74, 6) is 2.16. The van der Waals surface area contributed by atoms with Crippen LogP contribution < -0.4 is 0 Å². The molecule has 2 aliphatic carbocycles. The maximum absolute atomic E-state index is 8.64. The Morgan fingerprint density at radius 1 is 1.22 bits per heavy atom. The van der Waals surface area contributed by atoms with Gasteiger partial charge in [0.05, 0.1) is 6.07 Å². The van der Waals surface area contributed by atoms with Gasteiger partial charge in [0.2, 0.25) is 0 Å². The van der Waals surface area contributed by atoms with Gasteiger partial charge in [-0.05, 0) is 31.1 Å². The Kier molecular flexibility index (Phi) is 1.02. The third-order valence-corrected chi connectivity index (χ3v) is 2.90. The van der Waals surface area contributed by atoms with Crippen molar-refractivity contribution in [1.82, 2.24) is 0 Å². The smallest absolute Gasteiger partial charge is 0.0658 e. The zero-order valence-corrected chi connectivity index (χ0v) is 5.51. The van der Waals surface area contributed by atoms with Gasteiger partial charge in [-0.25, -0.2) is 0 Å². The fourth-order valence-electron chi connectivity index (χ4n) is 2.40. The van der Waals surface area contributed by atoms with E-state index in [-0.39, 0.29) is 0 Å². The standard InChI is InChI=1S/C8H11N/c9-5-8-4-6-1-2-7(8)3-6/h6-8H,1-4H2/t6-,7-,8-/m1/s1. The van der Waals surface area contributed by atoms with Crippen molar-refractivity contribution in [2.75, 3.05) is 0 Å². The molecule has 0 aliphatic heterocycles. The number of fused-ring (bicyclic) bond motifs is 2. The minimum atomic E-state index is 0.434. The molecule has 0 spiro atoms. The van der Waals surface area contributed by atoms with E-state index in [4.69, 9.17) is 5.26 Å². The molecule has 1 nitrogen and oxygen atoms in total. The molecular weight excluding hydrogens is 110 g/mol. The van der Waals surface area contributed by atoms with E-state index in [2.05, 4.69) is 6.07 Å². The lowest BCUT2D eigenvalue weighted by atomic mass is 9.90. The highest BCUT2D eigenvalue weighted by Gasteiger charge is 2.39. The first-order valence-corrected chi connectivity index (χ1v) is 3.80. The summed E-state index contributed by atoms with van der Waals surface area (Å²) >= 11 is 0. The Labute approximate surface area is 55.7 Å². The van der Waals surface area contributed by atoms with Crippen LogP contribution in [0.3, 0.4) is 0 Å². The molecule has 2 saturated carbocycles. The molecule has 3 atom stereocenters. The largest absolute Gasteiger partial charge is 0.198 e. The molecule has 2 fully saturated rings. The van der Waals surface area contributed by atoms with E-state index in [9.17, 15) is 0 Å². The molecule has 0 saturated heterocycles. The average molecular weight is 121 g/mol. The van der Waals surface area contributed by atoms with Crippen molar-refractivity contribution in [3.05, 3.63) is 0 Å². The summed E-state index contributed by atoms with van der Waals surface area (Å²) in [5.41, 5.74) is 0. The van der Waals surface area contributed by atoms with Crippen LogP contribution in [0.4, 0.5) is 0 Å². The van der Waals surface area contributed by atoms with Crippen LogP contribution in [-0.2, 0) is 0 Å². The van der Waals surface area contributed by atoms with Crippen molar-refractivity contribution in [2.45, 2.75) is 25.7 Å². The summed E-state index contributed by atoms with van der Waals surface area (Å²) in [7, 11) is 0. The first-order valence-electron chi connectivity index (χ1n) is 3.80. The highest BCUT2D eigenvalue weighted by Crippen LogP contribution is 2.47. The molecule has 1 heteroatoms. The van der Waals surface area contributed by atoms with Crippen LogP contribution in [0.15, 0.2) is 0 Å². The summed E-state index contributed by atoms with van der Waals surface area (Å²) in [6.07, 6.45) is 5.31. The van der Waals surface area contributed by atoms with Crippen LogP contribution in [0.25, 0.3) is 0 Å². The Morgan fingerprint density at radius 3 is 2.44 bits per heavy atom. The predicted octanol–water partition coefficient (Wildman–Crippen LogP) is 1.95. The van der Waals surface area contributed by atoms with Crippen molar-refractivity contribution < 1.29 is 0 Å². The molecule has 0 heterocycles. The van der Waals surface area contributed by atoms with E-state index in [1.807, 2.05) is 0 Å². The topological polar surface area (TPSA) is 23.8 Å². The van der Waals surface area contributed by atoms with Gasteiger partial charge < -0.3 is 0 Å². The number of nitriles is 1. The zero-order chi connectivity index (χ0) is 6.27. The van der Waals surface area contributed by atoms with Gasteiger partial charge in [-0.15, -0.1) is 0 Å². The van der Waals surface area contributed by atoms with E-state index < -0.39 is 0 Å². The predicted molar refractivity (Wildman–Crippen MR) is 34.6 cm³/mol. The van der Waals surface area contributed by atoms with Gasteiger partial charge in [0.25, 0.3) is 0 Å². The highest BCUT2D eigenvalue weighted by atomic mass is 14.4. The second-order valence-corrected chi connectivity index (χ2v) is 3.41. The SMILES string of the molecule is N#C[C@H]1C[C@@H]2CC[C@@H]1C2. The molecule has 48 valence electrons. The van der Waals surface area contributed by atoms with Gasteiger partial charge in [0, 0.05) is 5.92 Å². The van der Waals surface area contributed by atoms with E-state index in [1.165, 1.54) is 25.7 Å². The maximum atomic E-state index is 8.64. The Morgan fingerprint density at radius 2 is 2.11 bits per heavy atom. The molecule has 0 aromatic rings. The molecule has 2 rings (SSSR count). The van der Waals surface area contributed by atoms with Crippen molar-refractivity contribution in [3.8, 4) is 6.07 Å². The fraction of sp³-hybridized carbons (Fsp3) is 0.875. The number of hydrogen-bond donors (Lipinski definition) is 0. The lowest BCUT2D eigenvalue weighted by Crippen LogP contribution is -2.06. The quantitative estimate of drug-likeness (QED) is 0.480. The monoisotopic (exact) mass is 121 g/mol. The van der Waals surface area contributed by atoms with Gasteiger partial charge in [-0.1, -0.05) is 6.42 Å². The van der Waals surface area contributed by atoms with Gasteiger partial charge >= 0.3 is 0 Å². The van der Waals surface area contributed by atoms with Gasteiger partial charge in [-0.2, -0.15) is 5.26 Å². The summed E-state index contributed by atoms with van der Waals surface area (Å²) in [4.78, 5) is 0. The second-order valence-electron chi connectivity index (χ2n) is 3.41. The van der Waals surface area contributed by atoms with Crippen molar-refractivity contribution >= 4 is 0 Å². The summed E-state index contributed by atoms with van der Waals surface area (Å²) in [5, 5.41) is 8.64. The molecule has 0 N–H and O–H groups in total. The lowest BCUT2D eigenvalue weighted by molar-refractivity contribution is 0.402. The third kappa shape index (κ3) is 0.660. The Bertz CT molecular complexity index is 156. The molecule has 0 aromatic heterocycles. The zero-order valence-electron chi connectivity index (χ0n) is 5.51. The molecule has 9 heavy (non-hydrogen) atoms. The maximum Gasteiger partial charge on any atom is 0.0658 e. The lowest BCUT2D eigenvalue weighted by Gasteiger charge is -2.12. The number of hydrogen-bond acceptors (Lipinski definition) is 1. The minimum absolute atomic E-state index is 0.434. The van der Waals surface area contributed by atoms with Crippen LogP contribution in [0.2, 0.25) is 0 Å². The van der Waals surface area contributed by atoms with Gasteiger partial charge in [-0.3, -0.25) is 0 Å². The highest BCUT2D eigenvalue weighted by molar-refractivity contribution is 4.99. The van der Waals surface area contributed by atoms with Crippen molar-refractivity contribution in [2.24, 2.45) is 17.8 Å². The van der Waals surface area contributed by atoms with Crippen LogP contribution in [0, 0.1) is 29.1 Å². The molecule has 2 bridgehead atoms. The molecule has 2 aliphatic rings. The van der Waals surface area contributed by atoms with E-state index in [0.29, 0.717) is 5.92 Å². The molecule has 0 radical (unpaired) electrons. The van der Waals surface area contributed by atoms with E-state index >= 15 is 0 Å². The summed E-state index contributed by atoms with van der Waals surface area (Å²) in [6, 6.07) is 2.40. The van der Waals surface area contributed by atoms with E-state index in [0.717, 1.165) is 11.8 Å². The van der Waals surface area contributed by atoms with Crippen molar-refractivity contribution in [3.63, 3.8) is 0 Å². The van der Waals surface area contributed by atoms with Crippen LogP contribution in [0.1, 0.15) is 25.7 Å². The number of rotatable bonds is 0. The third-order valence-electron chi connectivity index (χ3n) is 2.90. The normalized spacial score (nSPS) is 47.2.